The number of likely N-dealkylation sites (N-methyl/N-ethyl adjacent to an activating group) is 1. The number of hydrogen-bond donors (Lipinski definition) is 2. The van der Waals surface area contributed by atoms with Crippen LogP contribution in [0.3, 0.4) is 0 Å². The number of aliphatic carboxylic acids is 1. The van der Waals surface area contributed by atoms with Gasteiger partial charge in [0.2, 0.25) is 0 Å². The summed E-state index contributed by atoms with van der Waals surface area (Å²) in [5, 5.41) is 12.3. The van der Waals surface area contributed by atoms with E-state index in [1.165, 1.54) is 13.1 Å². The van der Waals surface area contributed by atoms with Crippen LogP contribution in [0.2, 0.25) is 0 Å². The largest absolute Gasteiger partial charge is 0.480 e. The van der Waals surface area contributed by atoms with Crippen molar-refractivity contribution in [1.82, 2.24) is 9.84 Å². The van der Waals surface area contributed by atoms with Crippen LogP contribution in [0.5, 0.6) is 0 Å². The van der Waals surface area contributed by atoms with Crippen LogP contribution in [0.4, 0.5) is 0 Å². The van der Waals surface area contributed by atoms with Crippen molar-refractivity contribution in [2.24, 2.45) is 0 Å². The zero-order valence-corrected chi connectivity index (χ0v) is 18.4. The lowest BCUT2D eigenvalue weighted by Gasteiger charge is -2.25. The van der Waals surface area contributed by atoms with E-state index >= 15 is 0 Å². The zero-order chi connectivity index (χ0) is 22.7. The number of nitrogens with zero attached hydrogens (tertiary/aromatic N) is 1. The van der Waals surface area contributed by atoms with E-state index in [0.717, 1.165) is 22.4 Å². The highest BCUT2D eigenvalue weighted by molar-refractivity contribution is 7.89. The van der Waals surface area contributed by atoms with E-state index in [4.69, 9.17) is 4.42 Å². The minimum absolute atomic E-state index is 0.0387. The van der Waals surface area contributed by atoms with E-state index in [1.54, 1.807) is 12.1 Å². The van der Waals surface area contributed by atoms with Crippen LogP contribution in [0.1, 0.15) is 18.4 Å². The zero-order valence-electron chi connectivity index (χ0n) is 17.6. The molecule has 0 spiro atoms. The molecule has 1 aromatic heterocycles. The van der Waals surface area contributed by atoms with E-state index < -0.39 is 22.0 Å². The fraction of sp³-hybridized carbons (Fsp3) is 0.208. The summed E-state index contributed by atoms with van der Waals surface area (Å²) in [6, 6.07) is 20.8. The van der Waals surface area contributed by atoms with Gasteiger partial charge in [-0.1, -0.05) is 48.5 Å². The molecule has 0 aliphatic rings. The van der Waals surface area contributed by atoms with Crippen molar-refractivity contribution >= 4 is 37.9 Å². The van der Waals surface area contributed by atoms with Gasteiger partial charge in [0, 0.05) is 17.8 Å². The van der Waals surface area contributed by atoms with Gasteiger partial charge in [0.05, 0.1) is 4.90 Å². The van der Waals surface area contributed by atoms with Gasteiger partial charge in [0.1, 0.15) is 17.2 Å². The number of benzene rings is 3. The van der Waals surface area contributed by atoms with Crippen LogP contribution < -0.4 is 4.83 Å². The van der Waals surface area contributed by atoms with Gasteiger partial charge in [-0.3, -0.25) is 4.79 Å². The van der Waals surface area contributed by atoms with Crippen LogP contribution in [0.25, 0.3) is 21.9 Å². The predicted molar refractivity (Wildman–Crippen MR) is 123 cm³/mol. The molecule has 0 amide bonds. The third kappa shape index (κ3) is 4.67. The van der Waals surface area contributed by atoms with Crippen LogP contribution in [-0.2, 0) is 21.2 Å². The normalized spacial score (nSPS) is 13.1. The maximum Gasteiger partial charge on any atom is 0.322 e. The molecule has 166 valence electrons. The predicted octanol–water partition coefficient (Wildman–Crippen LogP) is 4.19. The number of fused-ring (bicyclic) bond motifs is 3. The Labute approximate surface area is 186 Å². The summed E-state index contributed by atoms with van der Waals surface area (Å²) in [5.74, 6) is -1.08. The van der Waals surface area contributed by atoms with Crippen molar-refractivity contribution in [1.29, 1.82) is 0 Å². The number of hydrogen-bond acceptors (Lipinski definition) is 5. The van der Waals surface area contributed by atoms with E-state index in [-0.39, 0.29) is 4.90 Å². The topological polar surface area (TPSA) is 99.9 Å². The first kappa shape index (κ1) is 22.0. The molecule has 32 heavy (non-hydrogen) atoms. The molecule has 0 radical (unpaired) electrons. The third-order valence-electron chi connectivity index (χ3n) is 5.46. The Morgan fingerprint density at radius 2 is 1.69 bits per heavy atom. The summed E-state index contributed by atoms with van der Waals surface area (Å²) >= 11 is 0. The van der Waals surface area contributed by atoms with E-state index in [2.05, 4.69) is 4.83 Å². The van der Waals surface area contributed by atoms with Crippen LogP contribution in [-0.4, -0.2) is 37.6 Å². The Morgan fingerprint density at radius 1 is 1.00 bits per heavy atom. The van der Waals surface area contributed by atoms with Crippen molar-refractivity contribution in [2.75, 3.05) is 7.05 Å². The number of nitrogens with one attached hydrogen (secondary N) is 1. The molecule has 0 aliphatic carbocycles. The quantitative estimate of drug-likeness (QED) is 0.370. The Balaban J connectivity index is 1.50. The number of para-hydroxylation sites is 1. The molecule has 2 N–H and O–H groups in total. The summed E-state index contributed by atoms with van der Waals surface area (Å²) in [4.78, 5) is 14.2. The number of aryl methyl sites for hydroxylation is 1. The minimum Gasteiger partial charge on any atom is -0.480 e. The maximum atomic E-state index is 13.0. The standard InChI is InChI=1S/C24H24N2O5S/c1-26(21(24(27)28)12-7-10-17-8-3-2-4-9-17)25-32(29,30)18-14-15-23-20(16-18)19-11-5-6-13-22(19)31-23/h2-6,8-9,11,13-16,21,25H,7,10,12H2,1H3,(H,27,28). The van der Waals surface area contributed by atoms with Gasteiger partial charge in [0.25, 0.3) is 10.0 Å². The van der Waals surface area contributed by atoms with Crippen LogP contribution in [0.15, 0.2) is 82.1 Å². The Bertz CT molecular complexity index is 1350. The molecule has 1 unspecified atom stereocenters. The Hall–Kier alpha value is -3.20. The molecule has 4 aromatic rings. The lowest BCUT2D eigenvalue weighted by atomic mass is 10.0. The molecule has 0 saturated carbocycles. The van der Waals surface area contributed by atoms with Gasteiger partial charge < -0.3 is 9.52 Å². The second kappa shape index (κ2) is 9.12. The molecule has 3 aromatic carbocycles. The van der Waals surface area contributed by atoms with E-state index in [0.29, 0.717) is 29.4 Å². The summed E-state index contributed by atoms with van der Waals surface area (Å²) < 4.78 is 31.7. The molecule has 0 bridgehead atoms. The minimum atomic E-state index is -3.98. The molecule has 8 heteroatoms. The average molecular weight is 453 g/mol. The highest BCUT2D eigenvalue weighted by Gasteiger charge is 2.27. The van der Waals surface area contributed by atoms with Crippen molar-refractivity contribution in [2.45, 2.75) is 30.2 Å². The molecule has 0 aliphatic heterocycles. The summed E-state index contributed by atoms with van der Waals surface area (Å²) in [6.45, 7) is 0. The maximum absolute atomic E-state index is 13.0. The first-order valence-corrected chi connectivity index (χ1v) is 11.8. The highest BCUT2D eigenvalue weighted by atomic mass is 32.2. The monoisotopic (exact) mass is 452 g/mol. The lowest BCUT2D eigenvalue weighted by Crippen LogP contribution is -2.49. The van der Waals surface area contributed by atoms with Crippen molar-refractivity contribution in [3.63, 3.8) is 0 Å². The molecule has 1 atom stereocenters. The number of carboxylic acids is 1. The molecule has 4 rings (SSSR count). The summed E-state index contributed by atoms with van der Waals surface area (Å²) in [6.07, 6.45) is 1.63. The highest BCUT2D eigenvalue weighted by Crippen LogP contribution is 2.30. The molecule has 7 nitrogen and oxygen atoms in total. The average Bonchev–Trinajstić information content (AvgIpc) is 3.15. The fourth-order valence-electron chi connectivity index (χ4n) is 3.81. The Morgan fingerprint density at radius 3 is 2.44 bits per heavy atom. The first-order chi connectivity index (χ1) is 15.3. The van der Waals surface area contributed by atoms with Gasteiger partial charge in [-0.05, 0) is 49.1 Å². The molecule has 1 heterocycles. The lowest BCUT2D eigenvalue weighted by molar-refractivity contribution is -0.143. The van der Waals surface area contributed by atoms with E-state index in [9.17, 15) is 18.3 Å². The Kier molecular flexibility index (Phi) is 6.27. The number of furan rings is 1. The summed E-state index contributed by atoms with van der Waals surface area (Å²) in [7, 11) is -2.55. The SMILES string of the molecule is CN(NS(=O)(=O)c1ccc2oc3ccccc3c2c1)C(CCCc1ccccc1)C(=O)O. The van der Waals surface area contributed by atoms with Gasteiger partial charge in [-0.2, -0.15) is 0 Å². The summed E-state index contributed by atoms with van der Waals surface area (Å²) in [5.41, 5.74) is 2.37. The smallest absolute Gasteiger partial charge is 0.322 e. The third-order valence-corrected chi connectivity index (χ3v) is 6.86. The van der Waals surface area contributed by atoms with E-state index in [1.807, 2.05) is 54.6 Å². The van der Waals surface area contributed by atoms with Crippen LogP contribution >= 0.6 is 0 Å². The van der Waals surface area contributed by atoms with Gasteiger partial charge in [-0.15, -0.1) is 4.83 Å². The molecule has 0 fully saturated rings. The number of hydrazine groups is 1. The number of rotatable bonds is 9. The van der Waals surface area contributed by atoms with Crippen molar-refractivity contribution in [3.05, 3.63) is 78.4 Å². The number of carbonyl (C=O) groups is 1. The van der Waals surface area contributed by atoms with Crippen LogP contribution in [0, 0.1) is 0 Å². The first-order valence-electron chi connectivity index (χ1n) is 10.3. The fourth-order valence-corrected chi connectivity index (χ4v) is 4.94. The van der Waals surface area contributed by atoms with Crippen molar-refractivity contribution < 1.29 is 22.7 Å². The number of carboxylic acid groups (broad SMARTS) is 1. The second-order valence-corrected chi connectivity index (χ2v) is 9.35. The van der Waals surface area contributed by atoms with Gasteiger partial charge in [0.15, 0.2) is 0 Å². The number of sulfonamides is 1. The second-order valence-electron chi connectivity index (χ2n) is 7.69. The molecular weight excluding hydrogens is 428 g/mol. The van der Waals surface area contributed by atoms with Gasteiger partial charge in [-0.25, -0.2) is 13.4 Å². The molecule has 0 saturated heterocycles. The van der Waals surface area contributed by atoms with Crippen molar-refractivity contribution in [3.8, 4) is 0 Å². The van der Waals surface area contributed by atoms with Gasteiger partial charge >= 0.3 is 5.97 Å². The molecular formula is C24H24N2O5S.